The maximum absolute atomic E-state index is 5.46. The van der Waals surface area contributed by atoms with Gasteiger partial charge in [0, 0.05) is 121 Å². The molecule has 0 atom stereocenters. The number of nitrogens with zero attached hydrogens (tertiary/aromatic N) is 12. The minimum Gasteiger partial charge on any atom is -0.310 e. The fraction of sp³-hybridized carbons (Fsp3) is 0. The maximum atomic E-state index is 5.46. The van der Waals surface area contributed by atoms with Crippen molar-refractivity contribution in [2.24, 2.45) is 0 Å². The van der Waals surface area contributed by atoms with Crippen molar-refractivity contribution < 1.29 is 0 Å². The normalized spacial score (nSPS) is 11.8. The lowest BCUT2D eigenvalue weighted by Crippen LogP contribution is -2.11. The summed E-state index contributed by atoms with van der Waals surface area (Å²) in [6, 6.07) is 184. The Labute approximate surface area is 855 Å². The number of anilines is 3. The number of aromatic nitrogens is 11. The molecular formula is C137H86N12. The van der Waals surface area contributed by atoms with Gasteiger partial charge in [0.15, 0.2) is 29.1 Å². The Hall–Kier alpha value is -20.2. The minimum atomic E-state index is 0.633. The van der Waals surface area contributed by atoms with Crippen molar-refractivity contribution in [1.82, 2.24) is 52.8 Å². The van der Waals surface area contributed by atoms with Gasteiger partial charge in [0.05, 0.1) is 83.1 Å². The molecule has 9 aromatic heterocycles. The largest absolute Gasteiger partial charge is 0.310 e. The van der Waals surface area contributed by atoms with Crippen LogP contribution in [0.4, 0.5) is 17.1 Å². The first-order valence-corrected chi connectivity index (χ1v) is 50.5. The van der Waals surface area contributed by atoms with E-state index in [9.17, 15) is 0 Å². The zero-order valence-corrected chi connectivity index (χ0v) is 80.5. The fourth-order valence-corrected chi connectivity index (χ4v) is 23.0. The summed E-state index contributed by atoms with van der Waals surface area (Å²) in [6.45, 7) is 0. The van der Waals surface area contributed by atoms with Crippen molar-refractivity contribution in [1.29, 1.82) is 0 Å². The minimum absolute atomic E-state index is 0.633. The molecule has 149 heavy (non-hydrogen) atoms. The predicted molar refractivity (Wildman–Crippen MR) is 618 cm³/mol. The van der Waals surface area contributed by atoms with Gasteiger partial charge in [-0.2, -0.15) is 0 Å². The van der Waals surface area contributed by atoms with E-state index in [4.69, 9.17) is 34.9 Å². The third kappa shape index (κ3) is 14.3. The van der Waals surface area contributed by atoms with Crippen molar-refractivity contribution >= 4 is 170 Å². The van der Waals surface area contributed by atoms with Crippen LogP contribution >= 0.6 is 0 Å². The molecule has 0 fully saturated rings. The molecular weight excluding hydrogens is 1810 g/mol. The Morgan fingerprint density at radius 1 is 0.181 bits per heavy atom. The molecule has 0 aliphatic carbocycles. The summed E-state index contributed by atoms with van der Waals surface area (Å²) in [5.41, 5.74) is 33.6. The van der Waals surface area contributed by atoms with Crippen molar-refractivity contribution in [3.63, 3.8) is 0 Å². The molecule has 0 unspecified atom stereocenters. The Balaban J connectivity index is 0.000000106. The molecule has 12 heteroatoms. The number of benzene rings is 22. The standard InChI is InChI=1S/C51H36N4.C44H26N4.C42H24N4/c1-5-16-37(17-6-1)38-28-32-45(33-29-38)55(48-27-14-13-26-47(48)40-18-7-2-8-19-40)46-34-30-39(31-35-46)43-24-15-25-44(36-43)51-53-49(41-20-9-3-10-21-41)52-50(54-51)42-22-11-4-12-23-42;1-3-12-27(13-4-1)42-34-26-29(24-25-35(34)45-44(46-42)28-14-5-2-6-15-28)47-37-21-10-17-31-33-19-9-18-32-30-16-7-8-20-36(30)48(43(32)33)39-23-11-22-38(47)41(39)40(31)37;1-2-12-26(13-3-1)39-42(43-32-24-23-25-11-4-5-14-27(25)40(32)44-39)46-34-20-9-16-29-31-18-8-17-30-28-15-6-7-19-33(28)45(41(30)31)35-21-10-22-36(46)38(35)37(29)34/h1-36H;1-26H;1-24H. The average Bonchev–Trinajstić information content (AvgIpc) is 1.52. The van der Waals surface area contributed by atoms with Crippen LogP contribution in [0.5, 0.6) is 0 Å². The van der Waals surface area contributed by atoms with Crippen LogP contribution in [0, 0.1) is 0 Å². The summed E-state index contributed by atoms with van der Waals surface area (Å²) >= 11 is 0. The van der Waals surface area contributed by atoms with Gasteiger partial charge in [-0.1, -0.05) is 413 Å². The van der Waals surface area contributed by atoms with Crippen molar-refractivity contribution in [3.8, 4) is 113 Å². The van der Waals surface area contributed by atoms with Crippen molar-refractivity contribution in [3.05, 3.63) is 522 Å². The molecule has 9 heterocycles. The Kier molecular flexibility index (Phi) is 20.3. The molecule has 31 rings (SSSR count). The second kappa shape index (κ2) is 35.4. The van der Waals surface area contributed by atoms with E-state index < -0.39 is 0 Å². The first-order valence-electron chi connectivity index (χ1n) is 50.5. The molecule has 694 valence electrons. The summed E-state index contributed by atoms with van der Waals surface area (Å²) in [4.78, 5) is 38.3. The highest BCUT2D eigenvalue weighted by atomic mass is 15.1. The van der Waals surface area contributed by atoms with Crippen LogP contribution in [0.3, 0.4) is 0 Å². The summed E-state index contributed by atoms with van der Waals surface area (Å²) in [5.74, 6) is 3.49. The first-order chi connectivity index (χ1) is 73.9. The van der Waals surface area contributed by atoms with Gasteiger partial charge in [0.2, 0.25) is 0 Å². The molecule has 0 spiro atoms. The van der Waals surface area contributed by atoms with E-state index in [2.05, 4.69) is 460 Å². The quantitative estimate of drug-likeness (QED) is 0.0990. The second-order valence-electron chi connectivity index (χ2n) is 38.1. The van der Waals surface area contributed by atoms with Crippen LogP contribution < -0.4 is 4.90 Å². The van der Waals surface area contributed by atoms with Gasteiger partial charge in [0.25, 0.3) is 0 Å². The van der Waals surface area contributed by atoms with E-state index in [1.807, 2.05) is 84.9 Å². The lowest BCUT2D eigenvalue weighted by molar-refractivity contribution is 1.07. The predicted octanol–water partition coefficient (Wildman–Crippen LogP) is 35.3. The molecule has 0 radical (unpaired) electrons. The van der Waals surface area contributed by atoms with Gasteiger partial charge in [-0.15, -0.1) is 0 Å². The van der Waals surface area contributed by atoms with E-state index in [0.717, 1.165) is 140 Å². The third-order valence-corrected chi connectivity index (χ3v) is 29.6. The second-order valence-corrected chi connectivity index (χ2v) is 38.1. The van der Waals surface area contributed by atoms with Crippen LogP contribution in [-0.2, 0) is 0 Å². The average molecular weight is 1900 g/mol. The van der Waals surface area contributed by atoms with E-state index in [-0.39, 0.29) is 0 Å². The van der Waals surface area contributed by atoms with Crippen molar-refractivity contribution in [2.45, 2.75) is 0 Å². The molecule has 22 aromatic carbocycles. The maximum Gasteiger partial charge on any atom is 0.165 e. The molecule has 0 saturated carbocycles. The zero-order chi connectivity index (χ0) is 98.1. The smallest absolute Gasteiger partial charge is 0.165 e. The SMILES string of the molecule is c1ccc(-c2ccc(N(c3ccc(-c4cccc(-c5nc(-c6ccccc6)nc(-c6ccccc6)n5)c4)cc3)c3ccccc3-c3ccccc3)cc2)cc1.c1ccc(-c2nc(-c3ccccc3)c3cc(-n4c5cccc6c7cccc8c9ccccc9n(c9cccc4c9c65)c78)ccc3n2)cc1.c1ccc(-c2nc3c(ccc4ccccc43)nc2-n2c3cccc4c5cccc6c7ccccc7n(c7cccc2c7c43)c56)cc1. The van der Waals surface area contributed by atoms with Gasteiger partial charge in [-0.05, 0) is 153 Å². The lowest BCUT2D eigenvalue weighted by Gasteiger charge is -2.28. The summed E-state index contributed by atoms with van der Waals surface area (Å²) in [7, 11) is 0. The molecule has 0 aliphatic heterocycles. The Morgan fingerprint density at radius 2 is 0.544 bits per heavy atom. The summed E-state index contributed by atoms with van der Waals surface area (Å²) in [6.07, 6.45) is 0. The molecule has 31 aromatic rings. The Bertz CT molecular complexity index is 10600. The zero-order valence-electron chi connectivity index (χ0n) is 80.5. The van der Waals surface area contributed by atoms with Crippen LogP contribution in [0.1, 0.15) is 0 Å². The number of para-hydroxylation sites is 5. The monoisotopic (exact) mass is 1900 g/mol. The molecule has 0 aliphatic rings. The lowest BCUT2D eigenvalue weighted by atomic mass is 10.00. The van der Waals surface area contributed by atoms with E-state index in [1.54, 1.807) is 0 Å². The topological polar surface area (TPSA) is 112 Å². The van der Waals surface area contributed by atoms with E-state index in [0.29, 0.717) is 17.5 Å². The highest BCUT2D eigenvalue weighted by Crippen LogP contribution is 2.50. The van der Waals surface area contributed by atoms with Gasteiger partial charge in [-0.25, -0.2) is 34.9 Å². The van der Waals surface area contributed by atoms with Crippen LogP contribution in [0.15, 0.2) is 522 Å². The van der Waals surface area contributed by atoms with Crippen molar-refractivity contribution in [2.75, 3.05) is 4.90 Å². The number of rotatable bonds is 14. The highest BCUT2D eigenvalue weighted by Gasteiger charge is 2.29. The van der Waals surface area contributed by atoms with Gasteiger partial charge >= 0.3 is 0 Å². The number of hydrogen-bond donors (Lipinski definition) is 0. The summed E-state index contributed by atoms with van der Waals surface area (Å²) in [5, 5.41) is 18.4. The molecule has 0 amide bonds. The Morgan fingerprint density at radius 3 is 1.09 bits per heavy atom. The van der Waals surface area contributed by atoms with Gasteiger partial charge < -0.3 is 18.3 Å². The number of fused-ring (bicyclic) bond motifs is 14. The highest BCUT2D eigenvalue weighted by molar-refractivity contribution is 6.33. The van der Waals surface area contributed by atoms with E-state index >= 15 is 0 Å². The number of hydrogen-bond acceptors (Lipinski definition) is 8. The molecule has 0 bridgehead atoms. The third-order valence-electron chi connectivity index (χ3n) is 29.6. The van der Waals surface area contributed by atoms with Crippen LogP contribution in [-0.4, -0.2) is 52.8 Å². The molecule has 0 N–H and O–H groups in total. The fourth-order valence-electron chi connectivity index (χ4n) is 23.0. The van der Waals surface area contributed by atoms with Gasteiger partial charge in [-0.3, -0.25) is 4.57 Å². The first kappa shape index (κ1) is 85.6. The van der Waals surface area contributed by atoms with Crippen LogP contribution in [0.25, 0.3) is 265 Å². The van der Waals surface area contributed by atoms with Crippen LogP contribution in [0.2, 0.25) is 0 Å². The summed E-state index contributed by atoms with van der Waals surface area (Å²) < 4.78 is 9.73. The van der Waals surface area contributed by atoms with E-state index in [1.165, 1.54) is 125 Å². The van der Waals surface area contributed by atoms with Gasteiger partial charge in [0.1, 0.15) is 5.69 Å². The molecule has 0 saturated heterocycles. The molecule has 12 nitrogen and oxygen atoms in total.